The minimum absolute atomic E-state index is 0.105. The van der Waals surface area contributed by atoms with Gasteiger partial charge in [-0.3, -0.25) is 0 Å². The smallest absolute Gasteiger partial charge is 0.109 e. The van der Waals surface area contributed by atoms with E-state index in [1.807, 2.05) is 55.4 Å². The molecule has 2 aromatic carbocycles. The molecule has 0 aromatic heterocycles. The Labute approximate surface area is 140 Å². The van der Waals surface area contributed by atoms with Gasteiger partial charge in [-0.1, -0.05) is 60.7 Å². The molecule has 2 aromatic rings. The normalized spacial score (nSPS) is 13.4. The van der Waals surface area contributed by atoms with Crippen molar-refractivity contribution < 1.29 is 4.39 Å². The summed E-state index contributed by atoms with van der Waals surface area (Å²) in [5.74, 6) is 0. The molecule has 0 amide bonds. The Hall–Kier alpha value is -1.71. The summed E-state index contributed by atoms with van der Waals surface area (Å²) in [6, 6.07) is 20.6. The van der Waals surface area contributed by atoms with Gasteiger partial charge >= 0.3 is 0 Å². The molecule has 1 unspecified atom stereocenters. The molecule has 0 aliphatic carbocycles. The third kappa shape index (κ3) is 6.51. The first kappa shape index (κ1) is 19.3. The van der Waals surface area contributed by atoms with Crippen molar-refractivity contribution in [3.8, 4) is 0 Å². The molecule has 0 saturated heterocycles. The van der Waals surface area contributed by atoms with Crippen molar-refractivity contribution in [1.29, 1.82) is 0 Å². The number of halogens is 1. The summed E-state index contributed by atoms with van der Waals surface area (Å²) in [6.07, 6.45) is 0. The fourth-order valence-electron chi connectivity index (χ4n) is 2.23. The molecule has 0 bridgehead atoms. The van der Waals surface area contributed by atoms with E-state index in [0.29, 0.717) is 6.04 Å². The predicted octanol–water partition coefficient (Wildman–Crippen LogP) is 4.57. The Morgan fingerprint density at radius 1 is 0.739 bits per heavy atom. The highest BCUT2D eigenvalue weighted by atomic mass is 19.1. The quantitative estimate of drug-likeness (QED) is 0.797. The Kier molecular flexibility index (Phi) is 8.52. The summed E-state index contributed by atoms with van der Waals surface area (Å²) >= 11 is 0. The maximum absolute atomic E-state index is 12.6. The summed E-state index contributed by atoms with van der Waals surface area (Å²) in [6.45, 7) is 1.87. The number of rotatable bonds is 5. The summed E-state index contributed by atoms with van der Waals surface area (Å²) in [7, 11) is 7.96. The van der Waals surface area contributed by atoms with Gasteiger partial charge < -0.3 is 9.80 Å². The van der Waals surface area contributed by atoms with Gasteiger partial charge in [0.2, 0.25) is 0 Å². The van der Waals surface area contributed by atoms with Crippen molar-refractivity contribution in [1.82, 2.24) is 9.80 Å². The maximum atomic E-state index is 12.6. The van der Waals surface area contributed by atoms with Crippen molar-refractivity contribution in [2.45, 2.75) is 19.0 Å². The Morgan fingerprint density at radius 2 is 1.17 bits per heavy atom. The summed E-state index contributed by atoms with van der Waals surface area (Å²) in [5, 5.41) is 0. The van der Waals surface area contributed by atoms with E-state index in [9.17, 15) is 4.39 Å². The topological polar surface area (TPSA) is 6.48 Å². The molecule has 3 heteroatoms. The molecule has 0 aliphatic rings. The maximum Gasteiger partial charge on any atom is 0.109 e. The lowest BCUT2D eigenvalue weighted by atomic mass is 10.1. The van der Waals surface area contributed by atoms with Crippen molar-refractivity contribution >= 4 is 0 Å². The van der Waals surface area contributed by atoms with Gasteiger partial charge in [-0.15, -0.1) is 0 Å². The highest BCUT2D eigenvalue weighted by Gasteiger charge is 2.12. The summed E-state index contributed by atoms with van der Waals surface area (Å²) in [5.41, 5.74) is 2.41. The van der Waals surface area contributed by atoms with Crippen molar-refractivity contribution in [2.75, 3.05) is 34.9 Å². The van der Waals surface area contributed by atoms with E-state index < -0.39 is 0 Å². The van der Waals surface area contributed by atoms with Gasteiger partial charge in [0.15, 0.2) is 0 Å². The van der Waals surface area contributed by atoms with Crippen LogP contribution in [0, 0.1) is 0 Å². The van der Waals surface area contributed by atoms with Crippen LogP contribution in [0.4, 0.5) is 4.39 Å². The first-order valence-corrected chi connectivity index (χ1v) is 7.96. The minimum atomic E-state index is -0.336. The van der Waals surface area contributed by atoms with Crippen LogP contribution in [0.5, 0.6) is 0 Å². The van der Waals surface area contributed by atoms with Crippen LogP contribution < -0.4 is 0 Å². The van der Waals surface area contributed by atoms with E-state index in [4.69, 9.17) is 0 Å². The average molecular weight is 316 g/mol. The molecule has 0 spiro atoms. The number of alkyl halides is 1. The van der Waals surface area contributed by atoms with Gasteiger partial charge in [-0.25, -0.2) is 4.39 Å². The summed E-state index contributed by atoms with van der Waals surface area (Å²) in [4.78, 5) is 4.09. The van der Waals surface area contributed by atoms with Crippen LogP contribution in [0.1, 0.15) is 30.1 Å². The van der Waals surface area contributed by atoms with Gasteiger partial charge in [0.1, 0.15) is 6.67 Å². The van der Waals surface area contributed by atoms with E-state index in [0.717, 1.165) is 5.56 Å². The highest BCUT2D eigenvalue weighted by Crippen LogP contribution is 2.17. The minimum Gasteiger partial charge on any atom is -0.303 e. The number of hydrogen-bond acceptors (Lipinski definition) is 2. The fourth-order valence-corrected chi connectivity index (χ4v) is 2.23. The van der Waals surface area contributed by atoms with Crippen molar-refractivity contribution in [2.24, 2.45) is 0 Å². The fraction of sp³-hybridized carbons (Fsp3) is 0.400. The lowest BCUT2D eigenvalue weighted by molar-refractivity contribution is 0.242. The molecule has 0 heterocycles. The highest BCUT2D eigenvalue weighted by molar-refractivity contribution is 5.19. The van der Waals surface area contributed by atoms with Gasteiger partial charge in [0, 0.05) is 6.04 Å². The first-order chi connectivity index (χ1) is 11.0. The van der Waals surface area contributed by atoms with Gasteiger partial charge in [-0.2, -0.15) is 0 Å². The van der Waals surface area contributed by atoms with E-state index in [2.05, 4.69) is 50.2 Å². The first-order valence-electron chi connectivity index (χ1n) is 7.96. The second-order valence-corrected chi connectivity index (χ2v) is 6.09. The number of hydrogen-bond donors (Lipinski definition) is 0. The van der Waals surface area contributed by atoms with Crippen LogP contribution in [-0.2, 0) is 0 Å². The van der Waals surface area contributed by atoms with Gasteiger partial charge in [0.25, 0.3) is 0 Å². The zero-order valence-corrected chi connectivity index (χ0v) is 14.9. The molecule has 0 radical (unpaired) electrons. The van der Waals surface area contributed by atoms with Gasteiger partial charge in [-0.05, 0) is 46.2 Å². The average Bonchev–Trinajstić information content (AvgIpc) is 2.57. The van der Waals surface area contributed by atoms with Crippen molar-refractivity contribution in [3.63, 3.8) is 0 Å². The van der Waals surface area contributed by atoms with E-state index in [1.165, 1.54) is 5.56 Å². The van der Waals surface area contributed by atoms with Crippen LogP contribution in [0.2, 0.25) is 0 Å². The Bertz CT molecular complexity index is 526. The van der Waals surface area contributed by atoms with Crippen LogP contribution >= 0.6 is 0 Å². The molecular formula is C20H29FN2. The second-order valence-electron chi connectivity index (χ2n) is 6.09. The third-order valence-corrected chi connectivity index (χ3v) is 4.01. The van der Waals surface area contributed by atoms with Crippen LogP contribution in [-0.4, -0.2) is 44.7 Å². The molecule has 0 saturated carbocycles. The molecule has 0 N–H and O–H groups in total. The Balaban J connectivity index is 0.000000231. The SMILES string of the molecule is CC(c1ccccc1)N(C)C.CN(C)[C@H](CF)c1ccccc1. The molecule has 126 valence electrons. The second kappa shape index (κ2) is 10.1. The van der Waals surface area contributed by atoms with E-state index in [1.54, 1.807) is 0 Å². The van der Waals surface area contributed by atoms with Crippen LogP contribution in [0.25, 0.3) is 0 Å². The standard InChI is InChI=1S/C10H14FN.C10H15N/c1-12(2)10(8-11)9-6-4-3-5-7-9;1-9(11(2)3)10-7-5-4-6-8-10/h3-7,10H,8H2,1-2H3;4-9H,1-3H3/t10-;/m1./s1. The molecule has 23 heavy (non-hydrogen) atoms. The van der Waals surface area contributed by atoms with E-state index in [-0.39, 0.29) is 12.7 Å². The van der Waals surface area contributed by atoms with Crippen LogP contribution in [0.3, 0.4) is 0 Å². The predicted molar refractivity (Wildman–Crippen MR) is 97.4 cm³/mol. The zero-order chi connectivity index (χ0) is 17.2. The molecular weight excluding hydrogens is 287 g/mol. The van der Waals surface area contributed by atoms with Gasteiger partial charge in [0.05, 0.1) is 6.04 Å². The molecule has 0 aliphatic heterocycles. The van der Waals surface area contributed by atoms with Crippen LogP contribution in [0.15, 0.2) is 60.7 Å². The number of nitrogens with zero attached hydrogens (tertiary/aromatic N) is 2. The van der Waals surface area contributed by atoms with Crippen molar-refractivity contribution in [3.05, 3.63) is 71.8 Å². The summed E-state index contributed by atoms with van der Waals surface area (Å²) < 4.78 is 12.6. The largest absolute Gasteiger partial charge is 0.303 e. The van der Waals surface area contributed by atoms with E-state index >= 15 is 0 Å². The lowest BCUT2D eigenvalue weighted by Crippen LogP contribution is -2.21. The molecule has 0 fully saturated rings. The number of benzene rings is 2. The Morgan fingerprint density at radius 3 is 1.52 bits per heavy atom. The molecule has 2 atom stereocenters. The lowest BCUT2D eigenvalue weighted by Gasteiger charge is -2.21. The zero-order valence-electron chi connectivity index (χ0n) is 14.9. The monoisotopic (exact) mass is 316 g/mol. The molecule has 2 nitrogen and oxygen atoms in total. The molecule has 2 rings (SSSR count). The third-order valence-electron chi connectivity index (χ3n) is 4.01.